The molecule has 0 bridgehead atoms. The van der Waals surface area contributed by atoms with Crippen LogP contribution in [-0.4, -0.2) is 45.0 Å². The molecule has 4 rings (SSSR count). The SMILES string of the molecule is Cn1ncc2c(Nc3ccc(C(F)(F)F)cc3)nc(N[C@H]3COC[C@H]3N)nc21. The monoisotopic (exact) mass is 393 g/mol. The highest BCUT2D eigenvalue weighted by atomic mass is 19.4. The third-order valence-corrected chi connectivity index (χ3v) is 4.51. The van der Waals surface area contributed by atoms with Gasteiger partial charge in [0.15, 0.2) is 5.65 Å². The van der Waals surface area contributed by atoms with E-state index in [-0.39, 0.29) is 12.1 Å². The summed E-state index contributed by atoms with van der Waals surface area (Å²) in [6.45, 7) is 0.887. The fourth-order valence-electron chi connectivity index (χ4n) is 2.95. The first kappa shape index (κ1) is 18.4. The van der Waals surface area contributed by atoms with Gasteiger partial charge in [0, 0.05) is 12.7 Å². The predicted molar refractivity (Wildman–Crippen MR) is 97.2 cm³/mol. The highest BCUT2D eigenvalue weighted by molar-refractivity contribution is 5.89. The Bertz CT molecular complexity index is 987. The molecule has 1 aliphatic heterocycles. The van der Waals surface area contributed by atoms with E-state index in [0.717, 1.165) is 12.1 Å². The second kappa shape index (κ2) is 6.91. The van der Waals surface area contributed by atoms with Crippen LogP contribution in [-0.2, 0) is 18.0 Å². The van der Waals surface area contributed by atoms with Gasteiger partial charge in [0.2, 0.25) is 5.95 Å². The molecule has 11 heteroatoms. The molecule has 3 heterocycles. The number of hydrogen-bond donors (Lipinski definition) is 3. The van der Waals surface area contributed by atoms with Gasteiger partial charge in [-0.1, -0.05) is 0 Å². The van der Waals surface area contributed by atoms with Gasteiger partial charge < -0.3 is 21.1 Å². The first-order valence-electron chi connectivity index (χ1n) is 8.55. The molecule has 0 spiro atoms. The van der Waals surface area contributed by atoms with Gasteiger partial charge in [0.1, 0.15) is 5.82 Å². The maximum absolute atomic E-state index is 12.8. The van der Waals surface area contributed by atoms with Crippen molar-refractivity contribution >= 4 is 28.5 Å². The molecule has 0 unspecified atom stereocenters. The number of ether oxygens (including phenoxy) is 1. The molecule has 8 nitrogen and oxygen atoms in total. The number of nitrogens with one attached hydrogen (secondary N) is 2. The molecule has 3 aromatic rings. The van der Waals surface area contributed by atoms with Gasteiger partial charge in [0.25, 0.3) is 0 Å². The zero-order valence-corrected chi connectivity index (χ0v) is 14.9. The minimum absolute atomic E-state index is 0.135. The summed E-state index contributed by atoms with van der Waals surface area (Å²) in [5.74, 6) is 0.754. The van der Waals surface area contributed by atoms with E-state index < -0.39 is 11.7 Å². The minimum atomic E-state index is -4.39. The number of nitrogens with zero attached hydrogens (tertiary/aromatic N) is 4. The first-order valence-corrected chi connectivity index (χ1v) is 8.55. The average molecular weight is 393 g/mol. The topological polar surface area (TPSA) is 103 Å². The van der Waals surface area contributed by atoms with E-state index in [1.165, 1.54) is 12.1 Å². The summed E-state index contributed by atoms with van der Waals surface area (Å²) in [4.78, 5) is 8.92. The lowest BCUT2D eigenvalue weighted by molar-refractivity contribution is -0.137. The molecule has 0 aliphatic carbocycles. The second-order valence-corrected chi connectivity index (χ2v) is 6.55. The predicted octanol–water partition coefficient (Wildman–Crippen LogP) is 2.26. The van der Waals surface area contributed by atoms with Gasteiger partial charge in [-0.05, 0) is 24.3 Å². The van der Waals surface area contributed by atoms with Gasteiger partial charge >= 0.3 is 6.18 Å². The van der Waals surface area contributed by atoms with E-state index >= 15 is 0 Å². The molecule has 28 heavy (non-hydrogen) atoms. The average Bonchev–Trinajstić information content (AvgIpc) is 3.21. The zero-order valence-electron chi connectivity index (χ0n) is 14.9. The number of fused-ring (bicyclic) bond motifs is 1. The van der Waals surface area contributed by atoms with E-state index in [9.17, 15) is 13.2 Å². The lowest BCUT2D eigenvalue weighted by atomic mass is 10.2. The van der Waals surface area contributed by atoms with Gasteiger partial charge in [0.05, 0.1) is 42.4 Å². The van der Waals surface area contributed by atoms with Crippen molar-refractivity contribution in [2.45, 2.75) is 18.3 Å². The van der Waals surface area contributed by atoms with Gasteiger partial charge in [-0.3, -0.25) is 4.68 Å². The van der Waals surface area contributed by atoms with E-state index in [4.69, 9.17) is 10.5 Å². The van der Waals surface area contributed by atoms with Crippen LogP contribution in [0.2, 0.25) is 0 Å². The fraction of sp³-hybridized carbons (Fsp3) is 0.353. The standard InChI is InChI=1S/C17H18F3N7O/c1-27-15-11(6-22-27)14(23-10-4-2-9(3-5-10)17(18,19)20)25-16(26-15)24-13-8-28-7-12(13)21/h2-6,12-13H,7-8,21H2,1H3,(H2,23,24,25,26)/t12-,13+/m1/s1. The molecule has 0 saturated carbocycles. The first-order chi connectivity index (χ1) is 13.3. The van der Waals surface area contributed by atoms with Gasteiger partial charge in [-0.25, -0.2) is 0 Å². The van der Waals surface area contributed by atoms with Crippen LogP contribution in [0.4, 0.5) is 30.6 Å². The number of hydrogen-bond acceptors (Lipinski definition) is 7. The van der Waals surface area contributed by atoms with Gasteiger partial charge in [-0.2, -0.15) is 28.2 Å². The van der Waals surface area contributed by atoms with Crippen LogP contribution in [0.3, 0.4) is 0 Å². The molecule has 1 fully saturated rings. The van der Waals surface area contributed by atoms with Crippen molar-refractivity contribution in [3.8, 4) is 0 Å². The quantitative estimate of drug-likeness (QED) is 0.625. The largest absolute Gasteiger partial charge is 0.416 e. The maximum atomic E-state index is 12.8. The third-order valence-electron chi connectivity index (χ3n) is 4.51. The summed E-state index contributed by atoms with van der Waals surface area (Å²) in [6, 6.07) is 4.40. The van der Waals surface area contributed by atoms with Crippen molar-refractivity contribution in [3.05, 3.63) is 36.0 Å². The summed E-state index contributed by atoms with van der Waals surface area (Å²) >= 11 is 0. The van der Waals surface area contributed by atoms with Crippen LogP contribution >= 0.6 is 0 Å². The molecule has 2 atom stereocenters. The lowest BCUT2D eigenvalue weighted by Crippen LogP contribution is -2.39. The summed E-state index contributed by atoms with van der Waals surface area (Å²) in [6.07, 6.45) is -2.79. The fourth-order valence-corrected chi connectivity index (χ4v) is 2.95. The Balaban J connectivity index is 1.65. The van der Waals surface area contributed by atoms with Crippen molar-refractivity contribution in [2.75, 3.05) is 23.8 Å². The van der Waals surface area contributed by atoms with Crippen molar-refractivity contribution in [2.24, 2.45) is 12.8 Å². The van der Waals surface area contributed by atoms with Crippen molar-refractivity contribution in [1.29, 1.82) is 0 Å². The lowest BCUT2D eigenvalue weighted by Gasteiger charge is -2.16. The van der Waals surface area contributed by atoms with Crippen molar-refractivity contribution in [1.82, 2.24) is 19.7 Å². The molecule has 0 radical (unpaired) electrons. The zero-order chi connectivity index (χ0) is 19.9. The van der Waals surface area contributed by atoms with E-state index in [2.05, 4.69) is 25.7 Å². The number of anilines is 3. The smallest absolute Gasteiger partial charge is 0.378 e. The molecule has 1 aromatic carbocycles. The molecule has 0 amide bonds. The van der Waals surface area contributed by atoms with Crippen LogP contribution < -0.4 is 16.4 Å². The Hall–Kier alpha value is -2.92. The highest BCUT2D eigenvalue weighted by Crippen LogP contribution is 2.31. The summed E-state index contributed by atoms with van der Waals surface area (Å²) in [5, 5.41) is 11.0. The van der Waals surface area contributed by atoms with Crippen molar-refractivity contribution < 1.29 is 17.9 Å². The van der Waals surface area contributed by atoms with Crippen LogP contribution in [0.15, 0.2) is 30.5 Å². The number of aryl methyl sites for hydroxylation is 1. The number of aromatic nitrogens is 4. The van der Waals surface area contributed by atoms with Crippen LogP contribution in [0, 0.1) is 0 Å². The Morgan fingerprint density at radius 2 is 1.93 bits per heavy atom. The second-order valence-electron chi connectivity index (χ2n) is 6.55. The van der Waals surface area contributed by atoms with E-state index in [1.807, 2.05) is 0 Å². The number of benzene rings is 1. The number of halogens is 3. The molecule has 2 aromatic heterocycles. The molecule has 1 aliphatic rings. The van der Waals surface area contributed by atoms with E-state index in [1.54, 1.807) is 17.9 Å². The molecular weight excluding hydrogens is 375 g/mol. The summed E-state index contributed by atoms with van der Waals surface area (Å²) < 4.78 is 45.2. The summed E-state index contributed by atoms with van der Waals surface area (Å²) in [7, 11) is 1.74. The molecule has 1 saturated heterocycles. The Labute approximate surface area is 157 Å². The minimum Gasteiger partial charge on any atom is -0.378 e. The molecule has 148 valence electrons. The Morgan fingerprint density at radius 1 is 1.18 bits per heavy atom. The maximum Gasteiger partial charge on any atom is 0.416 e. The third kappa shape index (κ3) is 3.58. The number of rotatable bonds is 4. The summed E-state index contributed by atoms with van der Waals surface area (Å²) in [5.41, 5.74) is 6.31. The Kier molecular flexibility index (Phi) is 4.55. The van der Waals surface area contributed by atoms with Crippen LogP contribution in [0.25, 0.3) is 11.0 Å². The number of alkyl halides is 3. The Morgan fingerprint density at radius 3 is 2.57 bits per heavy atom. The van der Waals surface area contributed by atoms with Crippen molar-refractivity contribution in [3.63, 3.8) is 0 Å². The normalized spacial score (nSPS) is 19.9. The molecular formula is C17H18F3N7O. The van der Waals surface area contributed by atoms with E-state index in [0.29, 0.717) is 41.7 Å². The van der Waals surface area contributed by atoms with Crippen LogP contribution in [0.1, 0.15) is 5.56 Å². The van der Waals surface area contributed by atoms with Crippen LogP contribution in [0.5, 0.6) is 0 Å². The molecule has 4 N–H and O–H groups in total. The van der Waals surface area contributed by atoms with Gasteiger partial charge in [-0.15, -0.1) is 0 Å². The number of nitrogens with two attached hydrogens (primary N) is 1. The highest BCUT2D eigenvalue weighted by Gasteiger charge is 2.30.